The Morgan fingerprint density at radius 1 is 1.24 bits per heavy atom. The van der Waals surface area contributed by atoms with E-state index >= 15 is 0 Å². The zero-order chi connectivity index (χ0) is 15.2. The van der Waals surface area contributed by atoms with Crippen LogP contribution in [0.3, 0.4) is 0 Å². The fraction of sp³-hybridized carbons (Fsp3) is 0.375. The minimum atomic E-state index is -0.294. The van der Waals surface area contributed by atoms with Crippen LogP contribution in [0.25, 0.3) is 6.08 Å². The molecule has 2 rings (SSSR count). The summed E-state index contributed by atoms with van der Waals surface area (Å²) < 4.78 is 14.1. The van der Waals surface area contributed by atoms with Crippen molar-refractivity contribution in [2.24, 2.45) is 0 Å². The highest BCUT2D eigenvalue weighted by Gasteiger charge is 2.15. The summed E-state index contributed by atoms with van der Waals surface area (Å²) in [5.41, 5.74) is 1.15. The molecular formula is C16H17FN4. The van der Waals surface area contributed by atoms with Gasteiger partial charge >= 0.3 is 0 Å². The highest BCUT2D eigenvalue weighted by atomic mass is 19.1. The Balaban J connectivity index is 2.08. The molecule has 0 spiro atoms. The van der Waals surface area contributed by atoms with Crippen LogP contribution in [0.4, 0.5) is 4.39 Å². The van der Waals surface area contributed by atoms with Gasteiger partial charge in [-0.3, -0.25) is 4.90 Å². The van der Waals surface area contributed by atoms with Crippen LogP contribution in [-0.2, 0) is 6.54 Å². The highest BCUT2D eigenvalue weighted by Crippen LogP contribution is 2.16. The predicted molar refractivity (Wildman–Crippen MR) is 78.4 cm³/mol. The summed E-state index contributed by atoms with van der Waals surface area (Å²) in [7, 11) is 2.08. The van der Waals surface area contributed by atoms with Crippen molar-refractivity contribution in [1.82, 2.24) is 9.80 Å². The molecule has 0 atom stereocenters. The second-order valence-corrected chi connectivity index (χ2v) is 5.21. The minimum Gasteiger partial charge on any atom is -0.304 e. The molecule has 0 radical (unpaired) electrons. The summed E-state index contributed by atoms with van der Waals surface area (Å²) in [6, 6.07) is 8.38. The zero-order valence-corrected chi connectivity index (χ0v) is 12.0. The molecule has 0 unspecified atom stereocenters. The molecule has 0 aliphatic carbocycles. The first-order chi connectivity index (χ1) is 10.1. The van der Waals surface area contributed by atoms with Crippen LogP contribution >= 0.6 is 0 Å². The maximum absolute atomic E-state index is 14.1. The number of halogens is 1. The van der Waals surface area contributed by atoms with E-state index in [9.17, 15) is 4.39 Å². The third kappa shape index (κ3) is 4.13. The van der Waals surface area contributed by atoms with Gasteiger partial charge in [0.1, 0.15) is 23.5 Å². The maximum atomic E-state index is 14.1. The van der Waals surface area contributed by atoms with Gasteiger partial charge in [0.25, 0.3) is 0 Å². The van der Waals surface area contributed by atoms with E-state index in [4.69, 9.17) is 10.5 Å². The van der Waals surface area contributed by atoms with Crippen molar-refractivity contribution in [3.8, 4) is 12.1 Å². The summed E-state index contributed by atoms with van der Waals surface area (Å²) in [6.45, 7) is 4.45. The SMILES string of the molecule is CN1CCN(Cc2ccc(C=C(C#N)C#N)cc2F)CC1. The molecule has 1 aromatic carbocycles. The molecule has 4 nitrogen and oxygen atoms in total. The average Bonchev–Trinajstić information content (AvgIpc) is 2.49. The van der Waals surface area contributed by atoms with Crippen LogP contribution in [0.5, 0.6) is 0 Å². The van der Waals surface area contributed by atoms with Gasteiger partial charge in [0.15, 0.2) is 0 Å². The van der Waals surface area contributed by atoms with Gasteiger partial charge in [-0.25, -0.2) is 4.39 Å². The van der Waals surface area contributed by atoms with Gasteiger partial charge in [0, 0.05) is 38.3 Å². The summed E-state index contributed by atoms with van der Waals surface area (Å²) in [5, 5.41) is 17.4. The van der Waals surface area contributed by atoms with Crippen molar-refractivity contribution in [3.05, 3.63) is 40.7 Å². The number of nitriles is 2. The minimum absolute atomic E-state index is 0.0267. The third-order valence-electron chi connectivity index (χ3n) is 3.62. The topological polar surface area (TPSA) is 54.1 Å². The van der Waals surface area contributed by atoms with Gasteiger partial charge < -0.3 is 4.90 Å². The molecule has 0 aromatic heterocycles. The average molecular weight is 284 g/mol. The Bertz CT molecular complexity index is 600. The second kappa shape index (κ2) is 6.99. The van der Waals surface area contributed by atoms with E-state index in [-0.39, 0.29) is 11.4 Å². The van der Waals surface area contributed by atoms with Crippen LogP contribution in [0.2, 0.25) is 0 Å². The molecule has 1 aromatic rings. The number of nitrogens with zero attached hydrogens (tertiary/aromatic N) is 4. The van der Waals surface area contributed by atoms with Crippen molar-refractivity contribution in [2.75, 3.05) is 33.2 Å². The first-order valence-electron chi connectivity index (χ1n) is 6.83. The summed E-state index contributed by atoms with van der Waals surface area (Å²) in [6.07, 6.45) is 1.39. The lowest BCUT2D eigenvalue weighted by atomic mass is 10.1. The maximum Gasteiger partial charge on any atom is 0.130 e. The molecule has 1 saturated heterocycles. The monoisotopic (exact) mass is 284 g/mol. The summed E-state index contributed by atoms with van der Waals surface area (Å²) in [5.74, 6) is -0.294. The van der Waals surface area contributed by atoms with E-state index in [2.05, 4.69) is 16.8 Å². The van der Waals surface area contributed by atoms with Gasteiger partial charge in [-0.1, -0.05) is 12.1 Å². The molecule has 5 heteroatoms. The molecule has 1 heterocycles. The zero-order valence-electron chi connectivity index (χ0n) is 12.0. The summed E-state index contributed by atoms with van der Waals surface area (Å²) >= 11 is 0. The number of hydrogen-bond donors (Lipinski definition) is 0. The lowest BCUT2D eigenvalue weighted by molar-refractivity contribution is 0.147. The molecule has 108 valence electrons. The van der Waals surface area contributed by atoms with E-state index in [0.29, 0.717) is 17.7 Å². The largest absolute Gasteiger partial charge is 0.304 e. The number of likely N-dealkylation sites (N-methyl/N-ethyl adjacent to an activating group) is 1. The predicted octanol–water partition coefficient (Wildman–Crippen LogP) is 2.00. The molecular weight excluding hydrogens is 267 g/mol. The van der Waals surface area contributed by atoms with Crippen molar-refractivity contribution in [3.63, 3.8) is 0 Å². The first kappa shape index (κ1) is 15.2. The molecule has 1 aliphatic rings. The van der Waals surface area contributed by atoms with Crippen molar-refractivity contribution in [2.45, 2.75) is 6.54 Å². The molecule has 21 heavy (non-hydrogen) atoms. The third-order valence-corrected chi connectivity index (χ3v) is 3.62. The van der Waals surface area contributed by atoms with E-state index in [0.717, 1.165) is 26.2 Å². The van der Waals surface area contributed by atoms with Gasteiger partial charge in [-0.15, -0.1) is 0 Å². The molecule has 0 N–H and O–H groups in total. The van der Waals surface area contributed by atoms with Crippen LogP contribution in [-0.4, -0.2) is 43.0 Å². The van der Waals surface area contributed by atoms with Gasteiger partial charge in [0.05, 0.1) is 0 Å². The lowest BCUT2D eigenvalue weighted by Gasteiger charge is -2.32. The first-order valence-corrected chi connectivity index (χ1v) is 6.83. The van der Waals surface area contributed by atoms with Crippen LogP contribution in [0.1, 0.15) is 11.1 Å². The lowest BCUT2D eigenvalue weighted by Crippen LogP contribution is -2.44. The Morgan fingerprint density at radius 3 is 2.48 bits per heavy atom. The smallest absolute Gasteiger partial charge is 0.130 e. The molecule has 1 fully saturated rings. The molecule has 0 amide bonds. The number of piperazine rings is 1. The van der Waals surface area contributed by atoms with Crippen molar-refractivity contribution < 1.29 is 4.39 Å². The molecule has 0 bridgehead atoms. The second-order valence-electron chi connectivity index (χ2n) is 5.21. The van der Waals surface area contributed by atoms with E-state index in [1.165, 1.54) is 12.1 Å². The molecule has 1 aliphatic heterocycles. The highest BCUT2D eigenvalue weighted by molar-refractivity contribution is 5.62. The standard InChI is InChI=1S/C16H17FN4/c1-20-4-6-21(7-5-20)12-15-3-2-13(9-16(15)17)8-14(10-18)11-19/h2-3,8-9H,4-7,12H2,1H3. The number of rotatable bonds is 3. The number of hydrogen-bond acceptors (Lipinski definition) is 4. The van der Waals surface area contributed by atoms with Crippen molar-refractivity contribution in [1.29, 1.82) is 10.5 Å². The van der Waals surface area contributed by atoms with Gasteiger partial charge in [0.2, 0.25) is 0 Å². The van der Waals surface area contributed by atoms with Gasteiger partial charge in [-0.2, -0.15) is 10.5 Å². The van der Waals surface area contributed by atoms with Crippen LogP contribution in [0, 0.1) is 28.5 Å². The Labute approximate surface area is 124 Å². The van der Waals surface area contributed by atoms with E-state index in [1.807, 2.05) is 0 Å². The Kier molecular flexibility index (Phi) is 5.05. The molecule has 0 saturated carbocycles. The van der Waals surface area contributed by atoms with E-state index < -0.39 is 0 Å². The number of allylic oxidation sites excluding steroid dienone is 1. The van der Waals surface area contributed by atoms with Crippen molar-refractivity contribution >= 4 is 6.08 Å². The number of benzene rings is 1. The quantitative estimate of drug-likeness (QED) is 0.797. The fourth-order valence-electron chi connectivity index (χ4n) is 2.28. The fourth-order valence-corrected chi connectivity index (χ4v) is 2.28. The van der Waals surface area contributed by atoms with Crippen LogP contribution < -0.4 is 0 Å². The normalized spacial score (nSPS) is 16.0. The van der Waals surface area contributed by atoms with E-state index in [1.54, 1.807) is 24.3 Å². The Morgan fingerprint density at radius 2 is 1.90 bits per heavy atom. The van der Waals surface area contributed by atoms with Crippen LogP contribution in [0.15, 0.2) is 23.8 Å². The Hall–Kier alpha value is -2.21. The van der Waals surface area contributed by atoms with Gasteiger partial charge in [-0.05, 0) is 24.8 Å². The summed E-state index contributed by atoms with van der Waals surface area (Å²) in [4.78, 5) is 4.48.